The van der Waals surface area contributed by atoms with Crippen LogP contribution in [0.25, 0.3) is 10.9 Å². The minimum absolute atomic E-state index is 0.0972. The van der Waals surface area contributed by atoms with Crippen molar-refractivity contribution in [1.29, 1.82) is 0 Å². The second-order valence-corrected chi connectivity index (χ2v) is 6.63. The van der Waals surface area contributed by atoms with E-state index < -0.39 is 0 Å². The number of ether oxygens (including phenoxy) is 3. The van der Waals surface area contributed by atoms with Gasteiger partial charge < -0.3 is 19.5 Å². The lowest BCUT2D eigenvalue weighted by atomic mass is 10.1. The van der Waals surface area contributed by atoms with E-state index in [1.807, 2.05) is 37.3 Å². The van der Waals surface area contributed by atoms with Crippen molar-refractivity contribution in [3.8, 4) is 11.6 Å². The zero-order valence-electron chi connectivity index (χ0n) is 15.6. The van der Waals surface area contributed by atoms with Crippen LogP contribution in [0.4, 0.5) is 5.69 Å². The van der Waals surface area contributed by atoms with Gasteiger partial charge in [0.05, 0.1) is 20.3 Å². The smallest absolute Gasteiger partial charge is 0.213 e. The number of pyridine rings is 2. The topological polar surface area (TPSA) is 65.5 Å². The van der Waals surface area contributed by atoms with Gasteiger partial charge >= 0.3 is 0 Å². The van der Waals surface area contributed by atoms with Crippen LogP contribution in [0.15, 0.2) is 42.6 Å². The molecule has 0 aliphatic carbocycles. The SMILES string of the molecule is COc1cccc2c(NCc3ccnc(OC4CCOC4)c3)cc(C)nc12. The standard InChI is InChI=1S/C21H23N3O3/c1-14-10-18(17-4-3-5-19(25-2)21(17)24-14)23-12-15-6-8-22-20(11-15)27-16-7-9-26-13-16/h3-6,8,10-11,16H,7,9,12-13H2,1-2H3,(H,23,24). The molecular weight excluding hydrogens is 342 g/mol. The average molecular weight is 365 g/mol. The summed E-state index contributed by atoms with van der Waals surface area (Å²) in [6.07, 6.45) is 2.79. The molecule has 6 heteroatoms. The third-order valence-electron chi connectivity index (χ3n) is 4.61. The maximum atomic E-state index is 5.90. The molecule has 0 radical (unpaired) electrons. The van der Waals surface area contributed by atoms with Gasteiger partial charge in [0.25, 0.3) is 0 Å². The predicted octanol–water partition coefficient (Wildman–Crippen LogP) is 3.73. The molecule has 2 aromatic heterocycles. The minimum Gasteiger partial charge on any atom is -0.494 e. The number of nitrogens with zero attached hydrogens (tertiary/aromatic N) is 2. The van der Waals surface area contributed by atoms with Crippen molar-refractivity contribution in [3.05, 3.63) is 53.9 Å². The molecule has 27 heavy (non-hydrogen) atoms. The summed E-state index contributed by atoms with van der Waals surface area (Å²) in [5.74, 6) is 1.42. The highest BCUT2D eigenvalue weighted by Gasteiger charge is 2.17. The van der Waals surface area contributed by atoms with Crippen molar-refractivity contribution < 1.29 is 14.2 Å². The van der Waals surface area contributed by atoms with Crippen LogP contribution < -0.4 is 14.8 Å². The van der Waals surface area contributed by atoms with Gasteiger partial charge in [-0.05, 0) is 30.7 Å². The lowest BCUT2D eigenvalue weighted by Crippen LogP contribution is -2.16. The Bertz CT molecular complexity index is 939. The molecule has 1 saturated heterocycles. The van der Waals surface area contributed by atoms with Crippen LogP contribution in [0, 0.1) is 6.92 Å². The van der Waals surface area contributed by atoms with E-state index in [9.17, 15) is 0 Å². The fourth-order valence-electron chi connectivity index (χ4n) is 3.26. The zero-order valence-corrected chi connectivity index (χ0v) is 15.6. The second kappa shape index (κ2) is 7.80. The van der Waals surface area contributed by atoms with E-state index in [4.69, 9.17) is 14.2 Å². The number of methoxy groups -OCH3 is 1. The van der Waals surface area contributed by atoms with Gasteiger partial charge in [-0.25, -0.2) is 9.97 Å². The van der Waals surface area contributed by atoms with Gasteiger partial charge in [0.1, 0.15) is 17.4 Å². The number of aromatic nitrogens is 2. The lowest BCUT2D eigenvalue weighted by Gasteiger charge is -2.14. The Hall–Kier alpha value is -2.86. The van der Waals surface area contributed by atoms with Gasteiger partial charge in [0, 0.05) is 42.0 Å². The van der Waals surface area contributed by atoms with E-state index in [2.05, 4.69) is 21.4 Å². The maximum absolute atomic E-state index is 5.90. The average Bonchev–Trinajstić information content (AvgIpc) is 3.19. The highest BCUT2D eigenvalue weighted by Crippen LogP contribution is 2.30. The Morgan fingerprint density at radius 2 is 2.19 bits per heavy atom. The molecule has 0 bridgehead atoms. The summed E-state index contributed by atoms with van der Waals surface area (Å²) >= 11 is 0. The Kier molecular flexibility index (Phi) is 5.07. The van der Waals surface area contributed by atoms with E-state index in [1.165, 1.54) is 0 Å². The van der Waals surface area contributed by atoms with E-state index in [0.717, 1.165) is 46.6 Å². The largest absolute Gasteiger partial charge is 0.494 e. The number of benzene rings is 1. The van der Waals surface area contributed by atoms with Crippen LogP contribution in [-0.2, 0) is 11.3 Å². The molecule has 0 saturated carbocycles. The van der Waals surface area contributed by atoms with E-state index in [0.29, 0.717) is 19.0 Å². The molecule has 6 nitrogen and oxygen atoms in total. The van der Waals surface area contributed by atoms with Gasteiger partial charge in [0.15, 0.2) is 0 Å². The van der Waals surface area contributed by atoms with E-state index in [-0.39, 0.29) is 6.10 Å². The second-order valence-electron chi connectivity index (χ2n) is 6.63. The molecule has 1 N–H and O–H groups in total. The van der Waals surface area contributed by atoms with Crippen molar-refractivity contribution >= 4 is 16.6 Å². The first-order valence-electron chi connectivity index (χ1n) is 9.10. The number of hydrogen-bond donors (Lipinski definition) is 1. The molecule has 1 aliphatic heterocycles. The molecule has 140 valence electrons. The number of aryl methyl sites for hydroxylation is 1. The Balaban J connectivity index is 1.53. The fourth-order valence-corrected chi connectivity index (χ4v) is 3.26. The normalized spacial score (nSPS) is 16.4. The molecule has 0 spiro atoms. The maximum Gasteiger partial charge on any atom is 0.213 e. The molecule has 0 amide bonds. The Labute approximate surface area is 158 Å². The summed E-state index contributed by atoms with van der Waals surface area (Å²) < 4.78 is 16.7. The van der Waals surface area contributed by atoms with Gasteiger partial charge in [-0.15, -0.1) is 0 Å². The summed E-state index contributed by atoms with van der Waals surface area (Å²) in [4.78, 5) is 8.94. The molecule has 1 aromatic carbocycles. The number of anilines is 1. The first kappa shape index (κ1) is 17.5. The van der Waals surface area contributed by atoms with E-state index in [1.54, 1.807) is 13.3 Å². The molecule has 4 rings (SSSR count). The summed E-state index contributed by atoms with van der Waals surface area (Å²) in [6.45, 7) is 4.03. The van der Waals surface area contributed by atoms with Crippen LogP contribution in [0.5, 0.6) is 11.6 Å². The number of nitrogens with one attached hydrogen (secondary N) is 1. The summed E-state index contributed by atoms with van der Waals surface area (Å²) in [7, 11) is 1.67. The van der Waals surface area contributed by atoms with Gasteiger partial charge in [-0.1, -0.05) is 12.1 Å². The van der Waals surface area contributed by atoms with Crippen molar-refractivity contribution in [2.24, 2.45) is 0 Å². The van der Waals surface area contributed by atoms with Crippen molar-refractivity contribution in [2.45, 2.75) is 26.0 Å². The van der Waals surface area contributed by atoms with Gasteiger partial charge in [0.2, 0.25) is 5.88 Å². The highest BCUT2D eigenvalue weighted by atomic mass is 16.5. The number of hydrogen-bond acceptors (Lipinski definition) is 6. The minimum atomic E-state index is 0.0972. The van der Waals surface area contributed by atoms with Gasteiger partial charge in [-0.3, -0.25) is 0 Å². The summed E-state index contributed by atoms with van der Waals surface area (Å²) in [5.41, 5.74) is 3.93. The number of rotatable bonds is 6. The number of para-hydroxylation sites is 1. The highest BCUT2D eigenvalue weighted by molar-refractivity contribution is 5.95. The molecule has 3 heterocycles. The molecule has 1 unspecified atom stereocenters. The van der Waals surface area contributed by atoms with Crippen LogP contribution in [-0.4, -0.2) is 36.4 Å². The molecule has 1 atom stereocenters. The van der Waals surface area contributed by atoms with Crippen LogP contribution >= 0.6 is 0 Å². The third-order valence-corrected chi connectivity index (χ3v) is 4.61. The van der Waals surface area contributed by atoms with E-state index >= 15 is 0 Å². The molecule has 1 fully saturated rings. The van der Waals surface area contributed by atoms with Crippen LogP contribution in [0.3, 0.4) is 0 Å². The predicted molar refractivity (Wildman–Crippen MR) is 104 cm³/mol. The van der Waals surface area contributed by atoms with Crippen molar-refractivity contribution in [2.75, 3.05) is 25.6 Å². The lowest BCUT2D eigenvalue weighted by molar-refractivity contribution is 0.138. The van der Waals surface area contributed by atoms with Crippen molar-refractivity contribution in [1.82, 2.24) is 9.97 Å². The molecular formula is C21H23N3O3. The first-order valence-corrected chi connectivity index (χ1v) is 9.10. The Morgan fingerprint density at radius 3 is 3.00 bits per heavy atom. The Morgan fingerprint density at radius 1 is 1.26 bits per heavy atom. The summed E-state index contributed by atoms with van der Waals surface area (Å²) in [6, 6.07) is 12.0. The monoisotopic (exact) mass is 365 g/mol. The number of fused-ring (bicyclic) bond motifs is 1. The van der Waals surface area contributed by atoms with Crippen LogP contribution in [0.2, 0.25) is 0 Å². The van der Waals surface area contributed by atoms with Gasteiger partial charge in [-0.2, -0.15) is 0 Å². The summed E-state index contributed by atoms with van der Waals surface area (Å²) in [5, 5.41) is 4.55. The fraction of sp³-hybridized carbons (Fsp3) is 0.333. The zero-order chi connectivity index (χ0) is 18.6. The molecule has 3 aromatic rings. The quantitative estimate of drug-likeness (QED) is 0.718. The molecule has 1 aliphatic rings. The first-order chi connectivity index (χ1) is 13.2. The van der Waals surface area contributed by atoms with Crippen molar-refractivity contribution in [3.63, 3.8) is 0 Å². The third kappa shape index (κ3) is 3.95. The van der Waals surface area contributed by atoms with Crippen LogP contribution in [0.1, 0.15) is 17.7 Å².